The summed E-state index contributed by atoms with van der Waals surface area (Å²) in [7, 11) is 1.29. The molecule has 5 rings (SSSR count). The van der Waals surface area contributed by atoms with Crippen molar-refractivity contribution < 1.29 is 77.0 Å². The number of rotatable bonds is 19. The van der Waals surface area contributed by atoms with E-state index in [9.17, 15) is 49.3 Å². The molecule has 0 aliphatic heterocycles. The summed E-state index contributed by atoms with van der Waals surface area (Å²) in [6.45, 7) is 3.43. The topological polar surface area (TPSA) is 256 Å². The third kappa shape index (κ3) is 9.23. The lowest BCUT2D eigenvalue weighted by Gasteiger charge is -2.62. The summed E-state index contributed by atoms with van der Waals surface area (Å²) in [6.07, 6.45) is 4.23. The number of Topliss-reactive ketones (excluding diaryl/α,β-unsaturated/α-hetero) is 1. The lowest BCUT2D eigenvalue weighted by molar-refractivity contribution is -0.757. The Balaban J connectivity index is 1.31. The van der Waals surface area contributed by atoms with E-state index in [0.29, 0.717) is 24.0 Å². The molecule has 19 nitrogen and oxygen atoms in total. The predicted octanol–water partition coefficient (Wildman–Crippen LogP) is 5.21. The maximum atomic E-state index is 17.8. The molecule has 2 fully saturated rings. The van der Waals surface area contributed by atoms with E-state index in [1.54, 1.807) is 20.8 Å². The van der Waals surface area contributed by atoms with Crippen molar-refractivity contribution in [2.45, 2.75) is 89.5 Å². The molecule has 0 bridgehead atoms. The highest BCUT2D eigenvalue weighted by Gasteiger charge is 2.77. The number of ketones is 2. The molecule has 1 aromatic carbocycles. The molecule has 332 valence electrons. The smallest absolute Gasteiger partial charge is 0.493 e. The van der Waals surface area contributed by atoms with Gasteiger partial charge in [-0.1, -0.05) is 37.6 Å². The van der Waals surface area contributed by atoms with Gasteiger partial charge in [-0.15, -0.1) is 20.2 Å². The van der Waals surface area contributed by atoms with E-state index in [4.69, 9.17) is 23.7 Å². The highest BCUT2D eigenvalue weighted by Crippen LogP contribution is 2.71. The van der Waals surface area contributed by atoms with Gasteiger partial charge in [0.2, 0.25) is 5.78 Å². The zero-order chi connectivity index (χ0) is 44.8. The molecular weight excluding hydrogens is 811 g/mol. The fourth-order valence-corrected chi connectivity index (χ4v) is 9.84. The van der Waals surface area contributed by atoms with E-state index >= 15 is 4.39 Å². The molecule has 0 aromatic heterocycles. The van der Waals surface area contributed by atoms with Gasteiger partial charge in [-0.2, -0.15) is 0 Å². The molecule has 20 heteroatoms. The second-order valence-corrected chi connectivity index (χ2v) is 16.0. The first-order chi connectivity index (χ1) is 28.8. The highest BCUT2D eigenvalue weighted by molar-refractivity contribution is 5.94. The Morgan fingerprint density at radius 2 is 1.67 bits per heavy atom. The monoisotopic (exact) mass is 860 g/mol. The van der Waals surface area contributed by atoms with Crippen LogP contribution in [0.2, 0.25) is 0 Å². The number of aliphatic hydroxyl groups excluding tert-OH is 1. The number of aliphatic hydroxyl groups is 1. The van der Waals surface area contributed by atoms with Gasteiger partial charge in [0.1, 0.15) is 0 Å². The molecule has 1 N–H and O–H groups in total. The number of hydrogen-bond acceptors (Lipinski definition) is 17. The van der Waals surface area contributed by atoms with Crippen LogP contribution in [0.3, 0.4) is 0 Å². The minimum absolute atomic E-state index is 0.00374. The zero-order valence-electron chi connectivity index (χ0n) is 34.2. The minimum Gasteiger partial charge on any atom is -0.493 e. The first-order valence-electron chi connectivity index (χ1n) is 19.8. The van der Waals surface area contributed by atoms with E-state index in [1.165, 1.54) is 43.5 Å². The van der Waals surface area contributed by atoms with Crippen LogP contribution < -0.4 is 9.47 Å². The third-order valence-electron chi connectivity index (χ3n) is 12.6. The Labute approximate surface area is 349 Å². The van der Waals surface area contributed by atoms with Gasteiger partial charge in [-0.05, 0) is 81.2 Å². The van der Waals surface area contributed by atoms with Gasteiger partial charge < -0.3 is 38.5 Å². The van der Waals surface area contributed by atoms with Gasteiger partial charge in [0.25, 0.3) is 10.2 Å². The van der Waals surface area contributed by atoms with E-state index in [0.717, 1.165) is 6.08 Å². The Bertz CT molecular complexity index is 2000. The number of hydrogen-bond donors (Lipinski definition) is 1. The summed E-state index contributed by atoms with van der Waals surface area (Å²) in [4.78, 5) is 95.0. The van der Waals surface area contributed by atoms with Gasteiger partial charge in [0.15, 0.2) is 35.2 Å². The van der Waals surface area contributed by atoms with E-state index in [-0.39, 0.29) is 62.6 Å². The van der Waals surface area contributed by atoms with Gasteiger partial charge >= 0.3 is 18.1 Å². The maximum Gasteiger partial charge on any atom is 0.514 e. The van der Waals surface area contributed by atoms with Crippen molar-refractivity contribution >= 4 is 35.7 Å². The molecule has 2 unspecified atom stereocenters. The Morgan fingerprint density at radius 3 is 2.36 bits per heavy atom. The van der Waals surface area contributed by atoms with Crippen molar-refractivity contribution in [1.82, 2.24) is 0 Å². The molecule has 0 amide bonds. The maximum absolute atomic E-state index is 17.8. The van der Waals surface area contributed by atoms with E-state index in [2.05, 4.69) is 9.68 Å². The Kier molecular flexibility index (Phi) is 14.2. The normalized spacial score (nSPS) is 29.9. The summed E-state index contributed by atoms with van der Waals surface area (Å²) >= 11 is 0. The van der Waals surface area contributed by atoms with Crippen LogP contribution in [-0.2, 0) is 43.1 Å². The molecule has 0 spiro atoms. The average Bonchev–Trinajstić information content (AvgIpc) is 3.42. The summed E-state index contributed by atoms with van der Waals surface area (Å²) in [5.74, 6) is -5.06. The van der Waals surface area contributed by atoms with Crippen LogP contribution in [0.1, 0.15) is 77.7 Å². The first-order valence-corrected chi connectivity index (χ1v) is 19.8. The van der Waals surface area contributed by atoms with E-state index < -0.39 is 99.6 Å². The number of alkyl halides is 1. The van der Waals surface area contributed by atoms with Crippen molar-refractivity contribution in [3.63, 3.8) is 0 Å². The molecular formula is C41H49FN2O17. The second-order valence-electron chi connectivity index (χ2n) is 16.0. The van der Waals surface area contributed by atoms with Crippen LogP contribution in [-0.4, -0.2) is 95.9 Å². The van der Waals surface area contributed by atoms with Crippen LogP contribution >= 0.6 is 0 Å². The summed E-state index contributed by atoms with van der Waals surface area (Å²) in [5, 5.41) is 30.8. The fraction of sp³-hybridized carbons (Fsp3) is 0.585. The van der Waals surface area contributed by atoms with Gasteiger partial charge in [0.05, 0.1) is 33.0 Å². The summed E-state index contributed by atoms with van der Waals surface area (Å²) < 4.78 is 45.0. The van der Waals surface area contributed by atoms with Crippen LogP contribution in [0.4, 0.5) is 9.18 Å². The van der Waals surface area contributed by atoms with Crippen LogP contribution in [0.5, 0.6) is 11.5 Å². The average molecular weight is 861 g/mol. The number of allylic oxidation sites excluding steroid dienone is 4. The van der Waals surface area contributed by atoms with Crippen LogP contribution in [0, 0.1) is 48.8 Å². The summed E-state index contributed by atoms with van der Waals surface area (Å²) in [5.41, 5.74) is -6.06. The molecule has 1 aromatic rings. The molecule has 0 heterocycles. The molecule has 8 atom stereocenters. The van der Waals surface area contributed by atoms with Crippen molar-refractivity contribution in [3.05, 3.63) is 73.9 Å². The van der Waals surface area contributed by atoms with Crippen molar-refractivity contribution in [2.75, 3.05) is 33.5 Å². The third-order valence-corrected chi connectivity index (χ3v) is 12.6. The summed E-state index contributed by atoms with van der Waals surface area (Å²) in [6, 6.07) is 4.25. The number of esters is 2. The number of carbonyl (C=O) groups excluding carboxylic acids is 5. The number of nitrogens with zero attached hydrogens (tertiary/aromatic N) is 2. The number of fused-ring (bicyclic) bond motifs is 5. The molecule has 2 saturated carbocycles. The molecule has 61 heavy (non-hydrogen) atoms. The van der Waals surface area contributed by atoms with Crippen molar-refractivity contribution in [1.29, 1.82) is 0 Å². The SMILES string of the molecule is COc1cc(C=CC(=O)OCCCCO[N+](=O)[O-])ccc1OC(=O)OCC(=O)[C@@]1(OC(=O)CCCO[N+](=O)[O-])[C@@H](C)CC2C3CC=C4CC(=O)C=C[C@]4(C)[C@@]3(F)[C@@H](O)C[C@@]21C. The zero-order valence-corrected chi connectivity index (χ0v) is 34.2. The van der Waals surface area contributed by atoms with Crippen molar-refractivity contribution in [3.8, 4) is 11.5 Å². The van der Waals surface area contributed by atoms with Crippen molar-refractivity contribution in [2.24, 2.45) is 28.6 Å². The number of carbonyl (C=O) groups is 5. The number of unbranched alkanes of at least 4 members (excludes halogenated alkanes) is 1. The molecule has 0 saturated heterocycles. The quantitative estimate of drug-likeness (QED) is 0.0274. The molecule has 0 radical (unpaired) electrons. The standard InChI is InChI=1S/C41H49FN2O17/c1-25-20-30-29-12-11-27-22-28(45)15-16-38(27,2)40(29,42)33(46)23-39(30,3)41(25,61-36(49)8-7-19-59-44(53)54)34(47)24-57-37(50)60-31-13-9-26(21-32(31)55-4)10-14-35(48)56-17-5-6-18-58-43(51)52/h9-11,13-16,21,25,29-30,33,46H,5-8,12,17-20,22-24H2,1-4H3/t25-,29?,30?,33-,38-,39-,40-,41-/m0/s1. The Morgan fingerprint density at radius 1 is 0.984 bits per heavy atom. The fourth-order valence-electron chi connectivity index (χ4n) is 9.84. The Hall–Kier alpha value is -5.92. The lowest BCUT2D eigenvalue weighted by Crippen LogP contribution is -2.69. The predicted molar refractivity (Wildman–Crippen MR) is 206 cm³/mol. The van der Waals surface area contributed by atoms with Gasteiger partial charge in [0, 0.05) is 41.6 Å². The van der Waals surface area contributed by atoms with E-state index in [1.807, 2.05) is 6.08 Å². The lowest BCUT2D eigenvalue weighted by atomic mass is 9.45. The van der Waals surface area contributed by atoms with Gasteiger partial charge in [-0.25, -0.2) is 14.0 Å². The first kappa shape index (κ1) is 46.2. The number of halogens is 1. The highest BCUT2D eigenvalue weighted by atomic mass is 19.1. The minimum atomic E-state index is -2.26. The second kappa shape index (κ2) is 18.8. The molecule has 4 aliphatic carbocycles. The number of ether oxygens (including phenoxy) is 5. The largest absolute Gasteiger partial charge is 0.514 e. The van der Waals surface area contributed by atoms with Gasteiger partial charge in [-0.3, -0.25) is 14.4 Å². The molecule has 4 aliphatic rings. The van der Waals surface area contributed by atoms with Crippen LogP contribution in [0.25, 0.3) is 6.08 Å². The van der Waals surface area contributed by atoms with Crippen LogP contribution in [0.15, 0.2) is 48.1 Å². The number of methoxy groups -OCH3 is 1. The number of benzene rings is 1.